The van der Waals surface area contributed by atoms with Gasteiger partial charge in [0.2, 0.25) is 0 Å². The van der Waals surface area contributed by atoms with Crippen molar-refractivity contribution in [1.82, 2.24) is 14.9 Å². The molecule has 0 aliphatic carbocycles. The Balaban J connectivity index is 1.57. The smallest absolute Gasteiger partial charge is 0.354 e. The van der Waals surface area contributed by atoms with Crippen LogP contribution in [0, 0.1) is 0 Å². The fraction of sp³-hybridized carbons (Fsp3) is 0.412. The summed E-state index contributed by atoms with van der Waals surface area (Å²) in [5.41, 5.74) is 1.28. The molecule has 0 N–H and O–H groups in total. The molecule has 7 heteroatoms. The van der Waals surface area contributed by atoms with Crippen LogP contribution in [-0.4, -0.2) is 47.2 Å². The van der Waals surface area contributed by atoms with E-state index in [1.54, 1.807) is 0 Å². The van der Waals surface area contributed by atoms with Gasteiger partial charge in [-0.25, -0.2) is 9.97 Å². The lowest BCUT2D eigenvalue weighted by Gasteiger charge is -2.35. The first-order valence-corrected chi connectivity index (χ1v) is 7.88. The molecule has 0 saturated carbocycles. The largest absolute Gasteiger partial charge is 0.394 e. The summed E-state index contributed by atoms with van der Waals surface area (Å²) in [5, 5.41) is 0. The molecule has 0 bridgehead atoms. The Kier molecular flexibility index (Phi) is 4.99. The molecule has 1 aliphatic rings. The number of nitrogens with zero attached hydrogens (tertiary/aromatic N) is 4. The molecular formula is C17H19F3N4. The van der Waals surface area contributed by atoms with Crippen molar-refractivity contribution in [2.75, 3.05) is 31.1 Å². The molecule has 3 rings (SSSR count). The molecule has 1 aliphatic heterocycles. The maximum atomic E-state index is 12.5. The molecule has 1 fully saturated rings. The van der Waals surface area contributed by atoms with Crippen molar-refractivity contribution < 1.29 is 13.2 Å². The van der Waals surface area contributed by atoms with Gasteiger partial charge in [0.15, 0.2) is 0 Å². The highest BCUT2D eigenvalue weighted by molar-refractivity contribution is 5.39. The molecule has 0 spiro atoms. The number of rotatable bonds is 4. The fourth-order valence-corrected chi connectivity index (χ4v) is 2.84. The molecule has 0 amide bonds. The lowest BCUT2D eigenvalue weighted by molar-refractivity contribution is -0.127. The summed E-state index contributed by atoms with van der Waals surface area (Å²) in [6, 6.07) is 11.7. The van der Waals surface area contributed by atoms with Gasteiger partial charge in [-0.3, -0.25) is 4.90 Å². The van der Waals surface area contributed by atoms with Gasteiger partial charge in [0.1, 0.15) is 12.1 Å². The second-order valence-corrected chi connectivity index (χ2v) is 5.91. The van der Waals surface area contributed by atoms with Gasteiger partial charge in [-0.1, -0.05) is 30.3 Å². The summed E-state index contributed by atoms with van der Waals surface area (Å²) in [5.74, 6) is 0.573. The number of alkyl halides is 3. The Bertz CT molecular complexity index is 652. The van der Waals surface area contributed by atoms with Crippen LogP contribution in [-0.2, 0) is 13.0 Å². The highest BCUT2D eigenvalue weighted by Gasteiger charge is 2.29. The zero-order valence-corrected chi connectivity index (χ0v) is 13.2. The van der Waals surface area contributed by atoms with Crippen LogP contribution in [0.5, 0.6) is 0 Å². The van der Waals surface area contributed by atoms with Gasteiger partial charge >= 0.3 is 6.18 Å². The van der Waals surface area contributed by atoms with Gasteiger partial charge in [0.05, 0.1) is 12.1 Å². The number of halogens is 3. The number of piperazine rings is 1. The van der Waals surface area contributed by atoms with Crippen LogP contribution in [0.4, 0.5) is 19.0 Å². The number of hydrogen-bond acceptors (Lipinski definition) is 4. The molecule has 1 aromatic carbocycles. The van der Waals surface area contributed by atoms with Crippen LogP contribution >= 0.6 is 0 Å². The van der Waals surface area contributed by atoms with Gasteiger partial charge in [-0.05, 0) is 5.56 Å². The Morgan fingerprint density at radius 1 is 0.958 bits per heavy atom. The quantitative estimate of drug-likeness (QED) is 0.859. The molecule has 4 nitrogen and oxygen atoms in total. The minimum atomic E-state index is -4.25. The molecule has 24 heavy (non-hydrogen) atoms. The first-order valence-electron chi connectivity index (χ1n) is 7.88. The van der Waals surface area contributed by atoms with E-state index in [1.807, 2.05) is 23.1 Å². The van der Waals surface area contributed by atoms with Crippen LogP contribution in [0.15, 0.2) is 42.7 Å². The predicted molar refractivity (Wildman–Crippen MR) is 85.7 cm³/mol. The summed E-state index contributed by atoms with van der Waals surface area (Å²) in [7, 11) is 0. The maximum absolute atomic E-state index is 12.5. The van der Waals surface area contributed by atoms with Crippen LogP contribution in [0.25, 0.3) is 0 Å². The third kappa shape index (κ3) is 4.67. The van der Waals surface area contributed by atoms with Crippen molar-refractivity contribution in [3.05, 3.63) is 54.0 Å². The van der Waals surface area contributed by atoms with Gasteiger partial charge in [-0.15, -0.1) is 0 Å². The van der Waals surface area contributed by atoms with E-state index in [0.717, 1.165) is 32.7 Å². The van der Waals surface area contributed by atoms with E-state index in [-0.39, 0.29) is 5.69 Å². The molecule has 1 saturated heterocycles. The van der Waals surface area contributed by atoms with Crippen molar-refractivity contribution in [3.8, 4) is 0 Å². The molecule has 128 valence electrons. The van der Waals surface area contributed by atoms with Crippen LogP contribution < -0.4 is 4.90 Å². The summed E-state index contributed by atoms with van der Waals surface area (Å²) in [4.78, 5) is 12.2. The van der Waals surface area contributed by atoms with Crippen molar-refractivity contribution in [1.29, 1.82) is 0 Å². The highest BCUT2D eigenvalue weighted by Crippen LogP contribution is 2.22. The Hall–Kier alpha value is -2.15. The maximum Gasteiger partial charge on any atom is 0.394 e. The third-order valence-electron chi connectivity index (χ3n) is 4.04. The van der Waals surface area contributed by atoms with Crippen molar-refractivity contribution in [2.24, 2.45) is 0 Å². The SMILES string of the molecule is FC(F)(F)Cc1cc(N2CCN(Cc3ccccc3)CC2)ncn1. The van der Waals surface area contributed by atoms with Crippen LogP contribution in [0.3, 0.4) is 0 Å². The summed E-state index contributed by atoms with van der Waals surface area (Å²) >= 11 is 0. The number of hydrogen-bond donors (Lipinski definition) is 0. The molecule has 2 aromatic rings. The van der Waals surface area contributed by atoms with Gasteiger partial charge in [-0.2, -0.15) is 13.2 Å². The summed E-state index contributed by atoms with van der Waals surface area (Å²) in [6.07, 6.45) is -4.05. The molecule has 1 aromatic heterocycles. The standard InChI is InChI=1S/C17H19F3N4/c18-17(19,20)11-15-10-16(22-13-21-15)24-8-6-23(7-9-24)12-14-4-2-1-3-5-14/h1-5,10,13H,6-9,11-12H2. The van der Waals surface area contributed by atoms with E-state index in [0.29, 0.717) is 5.82 Å². The minimum Gasteiger partial charge on any atom is -0.354 e. The van der Waals surface area contributed by atoms with Crippen molar-refractivity contribution >= 4 is 5.82 Å². The lowest BCUT2D eigenvalue weighted by atomic mass is 10.2. The molecule has 0 atom stereocenters. The molecule has 0 unspecified atom stereocenters. The van der Waals surface area contributed by atoms with Crippen LogP contribution in [0.2, 0.25) is 0 Å². The first kappa shape index (κ1) is 16.7. The molecular weight excluding hydrogens is 317 g/mol. The predicted octanol–water partition coefficient (Wildman–Crippen LogP) is 2.90. The Morgan fingerprint density at radius 2 is 1.67 bits per heavy atom. The average Bonchev–Trinajstić information content (AvgIpc) is 2.55. The second-order valence-electron chi connectivity index (χ2n) is 5.91. The Morgan fingerprint density at radius 3 is 2.33 bits per heavy atom. The van der Waals surface area contributed by atoms with E-state index in [9.17, 15) is 13.2 Å². The fourth-order valence-electron chi connectivity index (χ4n) is 2.84. The summed E-state index contributed by atoms with van der Waals surface area (Å²) in [6.45, 7) is 4.09. The van der Waals surface area contributed by atoms with Crippen LogP contribution in [0.1, 0.15) is 11.3 Å². The molecule has 0 radical (unpaired) electrons. The molecule has 2 heterocycles. The minimum absolute atomic E-state index is 0.0132. The van der Waals surface area contributed by atoms with E-state index in [2.05, 4.69) is 27.0 Å². The second kappa shape index (κ2) is 7.17. The van der Waals surface area contributed by atoms with E-state index in [1.165, 1.54) is 18.0 Å². The van der Waals surface area contributed by atoms with E-state index in [4.69, 9.17) is 0 Å². The zero-order chi connectivity index (χ0) is 17.0. The van der Waals surface area contributed by atoms with Gasteiger partial charge < -0.3 is 4.90 Å². The number of benzene rings is 1. The highest BCUT2D eigenvalue weighted by atomic mass is 19.4. The van der Waals surface area contributed by atoms with Gasteiger partial charge in [0, 0.05) is 38.8 Å². The average molecular weight is 336 g/mol. The van der Waals surface area contributed by atoms with E-state index < -0.39 is 12.6 Å². The van der Waals surface area contributed by atoms with Crippen molar-refractivity contribution in [3.63, 3.8) is 0 Å². The topological polar surface area (TPSA) is 32.3 Å². The monoisotopic (exact) mass is 336 g/mol. The third-order valence-corrected chi connectivity index (χ3v) is 4.04. The normalized spacial score (nSPS) is 16.4. The van der Waals surface area contributed by atoms with Gasteiger partial charge in [0.25, 0.3) is 0 Å². The lowest BCUT2D eigenvalue weighted by Crippen LogP contribution is -2.46. The first-order chi connectivity index (χ1) is 11.5. The number of anilines is 1. The summed E-state index contributed by atoms with van der Waals surface area (Å²) < 4.78 is 37.5. The van der Waals surface area contributed by atoms with Crippen molar-refractivity contribution in [2.45, 2.75) is 19.1 Å². The Labute approximate surface area is 138 Å². The van der Waals surface area contributed by atoms with E-state index >= 15 is 0 Å². The zero-order valence-electron chi connectivity index (χ0n) is 13.2. The number of aromatic nitrogens is 2.